The molecule has 0 atom stereocenters. The van der Waals surface area contributed by atoms with E-state index in [4.69, 9.17) is 115 Å². The van der Waals surface area contributed by atoms with Gasteiger partial charge >= 0.3 is 248 Å². The fourth-order valence-electron chi connectivity index (χ4n) is 0. The van der Waals surface area contributed by atoms with Crippen LogP contribution in [0.15, 0.2) is 0 Å². The van der Waals surface area contributed by atoms with Gasteiger partial charge in [-0.15, -0.1) is 0 Å². The molecule has 0 fully saturated rings. The molecule has 0 saturated heterocycles. The fraction of sp³-hybridized carbons (Fsp3) is 0. The molecule has 12 N–H and O–H groups in total. The molecule has 0 heterocycles. The van der Waals surface area contributed by atoms with Crippen LogP contribution in [0.4, 0.5) is 0 Å². The molecule has 0 amide bonds. The zero-order valence-corrected chi connectivity index (χ0v) is 35.4. The van der Waals surface area contributed by atoms with E-state index in [2.05, 4.69) is 0 Å². The number of hydrogen-bond donors (Lipinski definition) is 3. The van der Waals surface area contributed by atoms with Gasteiger partial charge in [0, 0.05) is 0 Å². The summed E-state index contributed by atoms with van der Waals surface area (Å²) in [5.41, 5.74) is 0. The van der Waals surface area contributed by atoms with Crippen LogP contribution in [-0.4, -0.2) is 0 Å². The molecule has 0 aliphatic heterocycles. The van der Waals surface area contributed by atoms with Crippen LogP contribution in [0.25, 0.3) is 0 Å². The Labute approximate surface area is 263 Å². The Balaban J connectivity index is -0.0000000299. The van der Waals surface area contributed by atoms with Gasteiger partial charge in [0.25, 0.3) is 0 Å². The van der Waals surface area contributed by atoms with E-state index in [1.54, 1.807) is 0 Å². The maximum atomic E-state index is 8.63. The second-order valence-corrected chi connectivity index (χ2v) is 19.3. The molecule has 0 radical (unpaired) electrons. The van der Waals surface area contributed by atoms with Gasteiger partial charge in [-0.2, -0.15) is 0 Å². The second-order valence-electron chi connectivity index (χ2n) is 3.27. The van der Waals surface area contributed by atoms with Crippen molar-refractivity contribution in [2.75, 3.05) is 0 Å². The molecule has 0 aliphatic carbocycles. The van der Waals surface area contributed by atoms with Gasteiger partial charge in [-0.3, -0.25) is 0 Å². The van der Waals surface area contributed by atoms with Gasteiger partial charge in [-0.1, -0.05) is 0 Å². The van der Waals surface area contributed by atoms with Gasteiger partial charge in [0.2, 0.25) is 0 Å². The van der Waals surface area contributed by atoms with Gasteiger partial charge in [0.05, 0.1) is 0 Å². The molecule has 0 aliphatic rings. The first kappa shape index (κ1) is 75.1. The van der Waals surface area contributed by atoms with E-state index >= 15 is 0 Å². The zero-order chi connectivity index (χ0) is 36.0. The minimum atomic E-state index is -6.02. The third kappa shape index (κ3) is 31400. The van der Waals surface area contributed by atoms with Gasteiger partial charge in [-0.25, -0.2) is 0 Å². The Morgan fingerprint density at radius 3 is 0.163 bits per heavy atom. The Bertz CT molecular complexity index is 1070. The summed E-state index contributed by atoms with van der Waals surface area (Å²) in [7, 11) is 0. The SMILES string of the molecule is [NH4+].[NH4+].[NH4+].[O]=[Mo](=[O])([O-])[O-].[O]=[Mo](=[O])([O-])[O-].[O]=[Mo](=[O])([O-])[O-].[O]=[Mo](=[O])([O-])[O-].[O]=[Mo](=[O])([O-])[O-].[O]=[Mo](=[O])([O-])[O-].[O]=[Mo](=[O])([O-])[O-].[O]=[Mo](=[O])([O-])[O-]. The van der Waals surface area contributed by atoms with Crippen LogP contribution in [0.3, 0.4) is 0 Å². The number of rotatable bonds is 0. The predicted octanol–water partition coefficient (Wildman–Crippen LogP) is -19.8. The molecule has 0 aromatic carbocycles. The Morgan fingerprint density at radius 1 is 0.163 bits per heavy atom. The Kier molecular flexibility index (Phi) is 56.1. The van der Waals surface area contributed by atoms with E-state index in [9.17, 15) is 0 Å². The van der Waals surface area contributed by atoms with E-state index in [-0.39, 0.29) is 18.5 Å². The van der Waals surface area contributed by atoms with Crippen LogP contribution >= 0.6 is 0 Å². The monoisotopic (exact) mass is 1350 g/mol. The van der Waals surface area contributed by atoms with Crippen molar-refractivity contribution in [1.29, 1.82) is 0 Å². The quantitative estimate of drug-likeness (QED) is 0.190. The van der Waals surface area contributed by atoms with Crippen molar-refractivity contribution in [1.82, 2.24) is 18.5 Å². The topological polar surface area (TPSA) is 752 Å². The Morgan fingerprint density at radius 2 is 0.163 bits per heavy atom. The van der Waals surface area contributed by atoms with Crippen molar-refractivity contribution in [2.24, 2.45) is 0 Å². The van der Waals surface area contributed by atoms with Crippen LogP contribution in [0.2, 0.25) is 0 Å². The molecular formula is H12Mo8N3O32-13. The van der Waals surface area contributed by atoms with Crippen molar-refractivity contribution in [3.05, 3.63) is 0 Å². The zero-order valence-electron chi connectivity index (χ0n) is 19.3. The first-order valence-electron chi connectivity index (χ1n) is 5.33. The normalized spacial score (nSPS) is 10.8. The summed E-state index contributed by atoms with van der Waals surface area (Å²) >= 11 is -48.2. The summed E-state index contributed by atoms with van der Waals surface area (Å²) in [6.07, 6.45) is 0. The molecule has 0 aromatic heterocycles. The van der Waals surface area contributed by atoms with E-state index in [0.717, 1.165) is 0 Å². The van der Waals surface area contributed by atoms with Crippen molar-refractivity contribution in [3.8, 4) is 0 Å². The van der Waals surface area contributed by atoms with Crippen LogP contribution < -0.4 is 78.6 Å². The van der Waals surface area contributed by atoms with Crippen LogP contribution in [-0.2, 0) is 188 Å². The van der Waals surface area contributed by atoms with Crippen molar-refractivity contribution < 1.29 is 248 Å². The van der Waals surface area contributed by atoms with E-state index in [1.807, 2.05) is 0 Å². The van der Waals surface area contributed by atoms with Gasteiger partial charge in [0.1, 0.15) is 0 Å². The van der Waals surface area contributed by atoms with Gasteiger partial charge in [-0.05, 0) is 0 Å². The van der Waals surface area contributed by atoms with Gasteiger partial charge in [0.15, 0.2) is 0 Å². The average molecular weight is 1330 g/mol. The molecule has 0 rings (SSSR count). The number of hydrogen-bond acceptors (Lipinski definition) is 32. The molecule has 43 heteroatoms. The van der Waals surface area contributed by atoms with Crippen molar-refractivity contribution in [2.45, 2.75) is 0 Å². The summed E-state index contributed by atoms with van der Waals surface area (Å²) in [5, 5.41) is 0. The third-order valence-electron chi connectivity index (χ3n) is 0. The maximum absolute atomic E-state index is 8.63. The first-order chi connectivity index (χ1) is 16.0. The number of quaternary nitrogens is 3. The molecule has 0 saturated carbocycles. The predicted molar refractivity (Wildman–Crippen MR) is 28.9 cm³/mol. The van der Waals surface area contributed by atoms with Crippen LogP contribution in [0.5, 0.6) is 0 Å². The second kappa shape index (κ2) is 32.1. The molecular weight excluding hydrogens is 1320 g/mol. The Hall–Kier alpha value is 1.55. The minimum absolute atomic E-state index is 0. The van der Waals surface area contributed by atoms with E-state index in [1.165, 1.54) is 0 Å². The van der Waals surface area contributed by atoms with Gasteiger partial charge < -0.3 is 18.5 Å². The van der Waals surface area contributed by atoms with Crippen LogP contribution in [0.1, 0.15) is 0 Å². The summed E-state index contributed by atoms with van der Waals surface area (Å²) in [6, 6.07) is 0. The molecule has 0 spiro atoms. The summed E-state index contributed by atoms with van der Waals surface area (Å²) in [5.74, 6) is 0. The molecule has 0 unspecified atom stereocenters. The summed E-state index contributed by atoms with van der Waals surface area (Å²) < 4.78 is 276. The fourth-order valence-corrected chi connectivity index (χ4v) is 0. The molecule has 0 aromatic rings. The molecule has 43 heavy (non-hydrogen) atoms. The standard InChI is InChI=1S/8Mo.3H3N.32O/h;;;;;;;;3*1H3;;;;;;;;;;;;;;;;;;;;;;;;;;;;;;;;/q;;;;;;;;;;;;;;;;;;;;;;;;;;;16*-1/p+3. The average Bonchev–Trinajstić information content (AvgIpc) is 2.16. The van der Waals surface area contributed by atoms with Crippen LogP contribution in [0, 0.1) is 0 Å². The summed E-state index contributed by atoms with van der Waals surface area (Å²) in [6.45, 7) is 0. The van der Waals surface area contributed by atoms with Crippen molar-refractivity contribution in [3.63, 3.8) is 0 Å². The molecule has 280 valence electrons. The van der Waals surface area contributed by atoms with E-state index < -0.39 is 134 Å². The molecule has 35 nitrogen and oxygen atoms in total. The summed E-state index contributed by atoms with van der Waals surface area (Å²) in [4.78, 5) is 0. The third-order valence-corrected chi connectivity index (χ3v) is 0. The first-order valence-corrected chi connectivity index (χ1v) is 31.6. The van der Waals surface area contributed by atoms with Crippen molar-refractivity contribution >= 4 is 0 Å². The molecule has 0 bridgehead atoms. The van der Waals surface area contributed by atoms with E-state index in [0.29, 0.717) is 0 Å².